The van der Waals surface area contributed by atoms with E-state index in [-0.39, 0.29) is 11.9 Å². The summed E-state index contributed by atoms with van der Waals surface area (Å²) in [7, 11) is 0. The summed E-state index contributed by atoms with van der Waals surface area (Å²) >= 11 is 0. The van der Waals surface area contributed by atoms with Gasteiger partial charge in [-0.15, -0.1) is 0 Å². The molecule has 19 heavy (non-hydrogen) atoms. The van der Waals surface area contributed by atoms with Crippen LogP contribution < -0.4 is 5.32 Å². The van der Waals surface area contributed by atoms with E-state index in [9.17, 15) is 4.79 Å². The number of furan rings is 1. The van der Waals surface area contributed by atoms with Crippen molar-refractivity contribution in [2.24, 2.45) is 0 Å². The van der Waals surface area contributed by atoms with E-state index < -0.39 is 0 Å². The van der Waals surface area contributed by atoms with Crippen LogP contribution in [0.5, 0.6) is 0 Å². The average molecular weight is 257 g/mol. The topological polar surface area (TPSA) is 42.2 Å². The molecule has 0 aliphatic rings. The second kappa shape index (κ2) is 5.31. The molecule has 3 heteroatoms. The smallest absolute Gasteiger partial charge is 0.251 e. The normalized spacial score (nSPS) is 12.2. The molecule has 0 saturated carbocycles. The molecule has 1 N–H and O–H groups in total. The first-order valence-electron chi connectivity index (χ1n) is 6.41. The van der Waals surface area contributed by atoms with E-state index in [1.807, 2.05) is 52.0 Å². The Morgan fingerprint density at radius 1 is 1.11 bits per heavy atom. The minimum absolute atomic E-state index is 0.0756. The summed E-state index contributed by atoms with van der Waals surface area (Å²) in [6.07, 6.45) is 0. The number of amides is 1. The molecule has 0 saturated heterocycles. The van der Waals surface area contributed by atoms with Crippen molar-refractivity contribution in [2.75, 3.05) is 0 Å². The van der Waals surface area contributed by atoms with Gasteiger partial charge in [-0.05, 0) is 52.0 Å². The van der Waals surface area contributed by atoms with Crippen molar-refractivity contribution < 1.29 is 9.21 Å². The number of benzene rings is 1. The van der Waals surface area contributed by atoms with E-state index in [1.165, 1.54) is 0 Å². The Morgan fingerprint density at radius 3 is 2.26 bits per heavy atom. The molecule has 0 spiro atoms. The Hall–Kier alpha value is -2.03. The van der Waals surface area contributed by atoms with Gasteiger partial charge in [-0.1, -0.05) is 17.2 Å². The van der Waals surface area contributed by atoms with Gasteiger partial charge in [-0.3, -0.25) is 4.79 Å². The summed E-state index contributed by atoms with van der Waals surface area (Å²) < 4.78 is 5.51. The summed E-state index contributed by atoms with van der Waals surface area (Å²) in [4.78, 5) is 12.2. The maximum atomic E-state index is 12.2. The Labute approximate surface area is 113 Å². The third kappa shape index (κ3) is 3.25. The fraction of sp³-hybridized carbons (Fsp3) is 0.312. The zero-order valence-corrected chi connectivity index (χ0v) is 11.8. The quantitative estimate of drug-likeness (QED) is 0.911. The number of hydrogen-bond acceptors (Lipinski definition) is 2. The van der Waals surface area contributed by atoms with Gasteiger partial charge < -0.3 is 9.73 Å². The maximum absolute atomic E-state index is 12.2. The Balaban J connectivity index is 2.12. The highest BCUT2D eigenvalue weighted by Crippen LogP contribution is 2.17. The van der Waals surface area contributed by atoms with E-state index in [0.717, 1.165) is 22.6 Å². The lowest BCUT2D eigenvalue weighted by Crippen LogP contribution is -2.26. The zero-order valence-electron chi connectivity index (χ0n) is 11.8. The van der Waals surface area contributed by atoms with Crippen LogP contribution in [-0.2, 0) is 0 Å². The van der Waals surface area contributed by atoms with E-state index in [2.05, 4.69) is 11.4 Å². The third-order valence-electron chi connectivity index (χ3n) is 3.02. The largest absolute Gasteiger partial charge is 0.464 e. The van der Waals surface area contributed by atoms with Crippen LogP contribution in [0.25, 0.3) is 0 Å². The fourth-order valence-electron chi connectivity index (χ4n) is 2.14. The van der Waals surface area contributed by atoms with Gasteiger partial charge >= 0.3 is 0 Å². The molecule has 2 rings (SSSR count). The van der Waals surface area contributed by atoms with Gasteiger partial charge in [-0.25, -0.2) is 0 Å². The summed E-state index contributed by atoms with van der Waals surface area (Å²) in [5.41, 5.74) is 2.87. The molecule has 1 heterocycles. The fourth-order valence-corrected chi connectivity index (χ4v) is 2.14. The number of nitrogens with one attached hydrogen (secondary N) is 1. The van der Waals surface area contributed by atoms with Gasteiger partial charge in [0, 0.05) is 5.56 Å². The first-order valence-corrected chi connectivity index (χ1v) is 6.41. The first-order chi connectivity index (χ1) is 8.95. The molecular weight excluding hydrogens is 238 g/mol. The summed E-state index contributed by atoms with van der Waals surface area (Å²) in [6.45, 7) is 7.78. The van der Waals surface area contributed by atoms with E-state index in [0.29, 0.717) is 5.56 Å². The zero-order chi connectivity index (χ0) is 14.0. The monoisotopic (exact) mass is 257 g/mol. The molecule has 1 unspecified atom stereocenters. The van der Waals surface area contributed by atoms with Crippen molar-refractivity contribution in [1.82, 2.24) is 5.32 Å². The van der Waals surface area contributed by atoms with Gasteiger partial charge in [0.2, 0.25) is 0 Å². The molecule has 3 nitrogen and oxygen atoms in total. The average Bonchev–Trinajstić information content (AvgIpc) is 2.74. The lowest BCUT2D eigenvalue weighted by atomic mass is 10.1. The van der Waals surface area contributed by atoms with Crippen molar-refractivity contribution in [2.45, 2.75) is 33.7 Å². The molecular formula is C16H19NO2. The molecule has 1 atom stereocenters. The highest BCUT2D eigenvalue weighted by molar-refractivity contribution is 5.94. The highest BCUT2D eigenvalue weighted by Gasteiger charge is 2.14. The number of aryl methyl sites for hydroxylation is 3. The van der Waals surface area contributed by atoms with Crippen LogP contribution >= 0.6 is 0 Å². The van der Waals surface area contributed by atoms with Crippen LogP contribution in [0.15, 0.2) is 34.7 Å². The van der Waals surface area contributed by atoms with Crippen LogP contribution in [-0.4, -0.2) is 5.91 Å². The molecule has 1 aromatic carbocycles. The van der Waals surface area contributed by atoms with Gasteiger partial charge in [0.25, 0.3) is 5.91 Å². The number of rotatable bonds is 3. The molecule has 0 aliphatic carbocycles. The van der Waals surface area contributed by atoms with E-state index in [1.54, 1.807) is 0 Å². The van der Waals surface area contributed by atoms with Crippen molar-refractivity contribution in [3.8, 4) is 0 Å². The standard InChI is InChI=1S/C16H19NO2/c1-10-7-11(2)9-14(8-10)16(18)17-13(4)15-6-5-12(3)19-15/h5-9,13H,1-4H3,(H,17,18). The molecule has 0 bridgehead atoms. The minimum atomic E-state index is -0.137. The van der Waals surface area contributed by atoms with Crippen LogP contribution in [0.3, 0.4) is 0 Å². The lowest BCUT2D eigenvalue weighted by Gasteiger charge is -2.12. The van der Waals surface area contributed by atoms with Crippen molar-refractivity contribution in [1.29, 1.82) is 0 Å². The molecule has 100 valence electrons. The third-order valence-corrected chi connectivity index (χ3v) is 3.02. The summed E-state index contributed by atoms with van der Waals surface area (Å²) in [5, 5.41) is 2.95. The number of hydrogen-bond donors (Lipinski definition) is 1. The van der Waals surface area contributed by atoms with Crippen molar-refractivity contribution in [3.05, 3.63) is 58.5 Å². The molecule has 1 amide bonds. The maximum Gasteiger partial charge on any atom is 0.251 e. The van der Waals surface area contributed by atoms with Crippen LogP contribution in [0.1, 0.15) is 46.0 Å². The summed E-state index contributed by atoms with van der Waals surface area (Å²) in [5.74, 6) is 1.55. The Kier molecular flexibility index (Phi) is 3.74. The molecule has 2 aromatic rings. The molecule has 0 aliphatic heterocycles. The van der Waals surface area contributed by atoms with Crippen molar-refractivity contribution in [3.63, 3.8) is 0 Å². The SMILES string of the molecule is Cc1cc(C)cc(C(=O)NC(C)c2ccc(C)o2)c1. The van der Waals surface area contributed by atoms with Gasteiger partial charge in [-0.2, -0.15) is 0 Å². The Bertz CT molecular complexity index is 578. The van der Waals surface area contributed by atoms with Crippen LogP contribution in [0.2, 0.25) is 0 Å². The predicted octanol–water partition coefficient (Wildman–Crippen LogP) is 3.70. The molecule has 1 aromatic heterocycles. The lowest BCUT2D eigenvalue weighted by molar-refractivity contribution is 0.0935. The van der Waals surface area contributed by atoms with Gasteiger partial charge in [0.15, 0.2) is 0 Å². The van der Waals surface area contributed by atoms with Gasteiger partial charge in [0.05, 0.1) is 6.04 Å². The Morgan fingerprint density at radius 2 is 1.74 bits per heavy atom. The van der Waals surface area contributed by atoms with Crippen molar-refractivity contribution >= 4 is 5.91 Å². The summed E-state index contributed by atoms with van der Waals surface area (Å²) in [6, 6.07) is 9.49. The molecule has 0 radical (unpaired) electrons. The first kappa shape index (κ1) is 13.4. The van der Waals surface area contributed by atoms with Crippen LogP contribution in [0, 0.1) is 20.8 Å². The molecule has 0 fully saturated rings. The highest BCUT2D eigenvalue weighted by atomic mass is 16.3. The number of carbonyl (C=O) groups excluding carboxylic acids is 1. The number of carbonyl (C=O) groups is 1. The predicted molar refractivity (Wildman–Crippen MR) is 75.2 cm³/mol. The van der Waals surface area contributed by atoms with Crippen LogP contribution in [0.4, 0.5) is 0 Å². The van der Waals surface area contributed by atoms with E-state index in [4.69, 9.17) is 4.42 Å². The van der Waals surface area contributed by atoms with Gasteiger partial charge in [0.1, 0.15) is 11.5 Å². The second-order valence-corrected chi connectivity index (χ2v) is 5.02. The minimum Gasteiger partial charge on any atom is -0.464 e. The second-order valence-electron chi connectivity index (χ2n) is 5.02. The van der Waals surface area contributed by atoms with E-state index >= 15 is 0 Å².